The van der Waals surface area contributed by atoms with Crippen LogP contribution in [0.25, 0.3) is 0 Å². The molecule has 1 aromatic heterocycles. The van der Waals surface area contributed by atoms with Crippen LogP contribution in [0.5, 0.6) is 0 Å². The second-order valence-electron chi connectivity index (χ2n) is 7.11. The fourth-order valence-electron chi connectivity index (χ4n) is 2.99. The highest BCUT2D eigenvalue weighted by molar-refractivity contribution is 5.98. The summed E-state index contributed by atoms with van der Waals surface area (Å²) >= 11 is 0. The quantitative estimate of drug-likeness (QED) is 0.874. The molecule has 6 heteroatoms. The van der Waals surface area contributed by atoms with E-state index in [2.05, 4.69) is 10.4 Å². The zero-order chi connectivity index (χ0) is 18.8. The van der Waals surface area contributed by atoms with Crippen molar-refractivity contribution < 1.29 is 14.7 Å². The van der Waals surface area contributed by atoms with Crippen LogP contribution >= 0.6 is 0 Å². The summed E-state index contributed by atoms with van der Waals surface area (Å²) in [6, 6.07) is 8.76. The molecule has 0 aliphatic carbocycles. The lowest BCUT2D eigenvalue weighted by Crippen LogP contribution is -2.51. The Balaban J connectivity index is 2.43. The molecule has 2 rings (SSSR count). The lowest BCUT2D eigenvalue weighted by Gasteiger charge is -2.30. The Morgan fingerprint density at radius 2 is 1.80 bits per heavy atom. The lowest BCUT2D eigenvalue weighted by atomic mass is 9.87. The SMILES string of the molecule is CCC(NC(=O)c1cnn(C(C)(C)C)c1C)(C(=O)O)c1ccccc1. The number of rotatable bonds is 5. The van der Waals surface area contributed by atoms with E-state index in [9.17, 15) is 14.7 Å². The maximum Gasteiger partial charge on any atom is 0.334 e. The van der Waals surface area contributed by atoms with Crippen molar-refractivity contribution in [2.45, 2.75) is 52.1 Å². The number of carbonyl (C=O) groups is 2. The molecule has 0 radical (unpaired) electrons. The van der Waals surface area contributed by atoms with Crippen LogP contribution in [0.1, 0.15) is 55.7 Å². The number of aromatic nitrogens is 2. The molecule has 0 saturated heterocycles. The zero-order valence-electron chi connectivity index (χ0n) is 15.3. The van der Waals surface area contributed by atoms with Gasteiger partial charge in [-0.2, -0.15) is 5.10 Å². The third-order valence-electron chi connectivity index (χ3n) is 4.38. The first-order valence-electron chi connectivity index (χ1n) is 8.30. The molecular formula is C19H25N3O3. The minimum atomic E-state index is -1.48. The number of hydrogen-bond acceptors (Lipinski definition) is 3. The highest BCUT2D eigenvalue weighted by Crippen LogP contribution is 2.27. The van der Waals surface area contributed by atoms with Gasteiger partial charge in [0.25, 0.3) is 5.91 Å². The summed E-state index contributed by atoms with van der Waals surface area (Å²) in [6.45, 7) is 9.53. The summed E-state index contributed by atoms with van der Waals surface area (Å²) in [7, 11) is 0. The molecule has 2 aromatic rings. The molecule has 0 spiro atoms. The van der Waals surface area contributed by atoms with Gasteiger partial charge >= 0.3 is 5.97 Å². The number of hydrogen-bond donors (Lipinski definition) is 2. The molecule has 6 nitrogen and oxygen atoms in total. The van der Waals surface area contributed by atoms with E-state index in [0.717, 1.165) is 0 Å². The standard InChI is InChI=1S/C19H25N3O3/c1-6-19(17(24)25,14-10-8-7-9-11-14)21-16(23)15-12-20-22(13(15)2)18(3,4)5/h7-12H,6H2,1-5H3,(H,21,23)(H,24,25). The Morgan fingerprint density at radius 3 is 2.24 bits per heavy atom. The number of benzene rings is 1. The molecule has 1 aromatic carbocycles. The van der Waals surface area contributed by atoms with Gasteiger partial charge in [0.05, 0.1) is 17.3 Å². The first-order valence-corrected chi connectivity index (χ1v) is 8.30. The Labute approximate surface area is 147 Å². The fraction of sp³-hybridized carbons (Fsp3) is 0.421. The lowest BCUT2D eigenvalue weighted by molar-refractivity contribution is -0.145. The molecule has 25 heavy (non-hydrogen) atoms. The van der Waals surface area contributed by atoms with Crippen molar-refractivity contribution in [3.63, 3.8) is 0 Å². The van der Waals surface area contributed by atoms with Crippen molar-refractivity contribution in [2.24, 2.45) is 0 Å². The number of carboxylic acid groups (broad SMARTS) is 1. The number of aliphatic carboxylic acids is 1. The molecule has 0 aliphatic heterocycles. The Kier molecular flexibility index (Phi) is 5.02. The third kappa shape index (κ3) is 3.43. The van der Waals surface area contributed by atoms with E-state index in [4.69, 9.17) is 0 Å². The van der Waals surface area contributed by atoms with Gasteiger partial charge in [-0.05, 0) is 39.7 Å². The van der Waals surface area contributed by atoms with Gasteiger partial charge in [0.1, 0.15) is 0 Å². The molecule has 1 heterocycles. The number of carbonyl (C=O) groups excluding carboxylic acids is 1. The van der Waals surface area contributed by atoms with Gasteiger partial charge in [0.2, 0.25) is 0 Å². The van der Waals surface area contributed by atoms with Crippen LogP contribution in [-0.4, -0.2) is 26.8 Å². The second-order valence-corrected chi connectivity index (χ2v) is 7.11. The first-order chi connectivity index (χ1) is 11.6. The topological polar surface area (TPSA) is 84.2 Å². The molecule has 1 atom stereocenters. The van der Waals surface area contributed by atoms with Crippen molar-refractivity contribution in [1.82, 2.24) is 15.1 Å². The highest BCUT2D eigenvalue weighted by Gasteiger charge is 2.41. The maximum absolute atomic E-state index is 12.8. The summed E-state index contributed by atoms with van der Waals surface area (Å²) in [6.07, 6.45) is 1.72. The summed E-state index contributed by atoms with van der Waals surface area (Å²) in [4.78, 5) is 24.9. The predicted octanol–water partition coefficient (Wildman–Crippen LogP) is 3.07. The van der Waals surface area contributed by atoms with Crippen LogP contribution in [0.2, 0.25) is 0 Å². The van der Waals surface area contributed by atoms with E-state index in [1.165, 1.54) is 6.20 Å². The van der Waals surface area contributed by atoms with Gasteiger partial charge in [0.15, 0.2) is 5.54 Å². The van der Waals surface area contributed by atoms with E-state index >= 15 is 0 Å². The van der Waals surface area contributed by atoms with Gasteiger partial charge in [-0.15, -0.1) is 0 Å². The molecular weight excluding hydrogens is 318 g/mol. The Hall–Kier alpha value is -2.63. The van der Waals surface area contributed by atoms with Gasteiger partial charge in [0, 0.05) is 5.69 Å². The van der Waals surface area contributed by atoms with E-state index in [0.29, 0.717) is 16.8 Å². The molecule has 0 saturated carbocycles. The number of nitrogens with one attached hydrogen (secondary N) is 1. The van der Waals surface area contributed by atoms with Crippen LogP contribution in [0.4, 0.5) is 0 Å². The van der Waals surface area contributed by atoms with Gasteiger partial charge in [-0.25, -0.2) is 4.79 Å². The molecule has 0 fully saturated rings. The highest BCUT2D eigenvalue weighted by atomic mass is 16.4. The summed E-state index contributed by atoms with van der Waals surface area (Å²) in [5.74, 6) is -1.53. The number of nitrogens with zero attached hydrogens (tertiary/aromatic N) is 2. The molecule has 134 valence electrons. The summed E-state index contributed by atoms with van der Waals surface area (Å²) < 4.78 is 1.76. The minimum Gasteiger partial charge on any atom is -0.479 e. The van der Waals surface area contributed by atoms with Gasteiger partial charge in [-0.3, -0.25) is 9.48 Å². The average molecular weight is 343 g/mol. The van der Waals surface area contributed by atoms with Crippen molar-refractivity contribution in [2.75, 3.05) is 0 Å². The van der Waals surface area contributed by atoms with Crippen LogP contribution in [-0.2, 0) is 15.9 Å². The second kappa shape index (κ2) is 6.70. The van der Waals surface area contributed by atoms with Crippen molar-refractivity contribution >= 4 is 11.9 Å². The first kappa shape index (κ1) is 18.7. The Morgan fingerprint density at radius 1 is 1.20 bits per heavy atom. The fourth-order valence-corrected chi connectivity index (χ4v) is 2.99. The summed E-state index contributed by atoms with van der Waals surface area (Å²) in [5.41, 5.74) is -0.122. The minimum absolute atomic E-state index is 0.227. The van der Waals surface area contributed by atoms with Crippen LogP contribution < -0.4 is 5.32 Å². The van der Waals surface area contributed by atoms with E-state index in [1.54, 1.807) is 35.9 Å². The molecule has 2 N–H and O–H groups in total. The largest absolute Gasteiger partial charge is 0.479 e. The van der Waals surface area contributed by atoms with E-state index < -0.39 is 17.4 Å². The average Bonchev–Trinajstić information content (AvgIpc) is 2.95. The van der Waals surface area contributed by atoms with Crippen LogP contribution in [0.3, 0.4) is 0 Å². The molecule has 1 amide bonds. The van der Waals surface area contributed by atoms with Crippen molar-refractivity contribution in [1.29, 1.82) is 0 Å². The predicted molar refractivity (Wildman–Crippen MR) is 95.5 cm³/mol. The van der Waals surface area contributed by atoms with Crippen molar-refractivity contribution in [3.8, 4) is 0 Å². The Bertz CT molecular complexity index is 775. The normalized spacial score (nSPS) is 14.0. The molecule has 0 aliphatic rings. The van der Waals surface area contributed by atoms with E-state index in [1.807, 2.05) is 33.8 Å². The third-order valence-corrected chi connectivity index (χ3v) is 4.38. The number of carboxylic acids is 1. The smallest absolute Gasteiger partial charge is 0.334 e. The zero-order valence-corrected chi connectivity index (χ0v) is 15.3. The van der Waals surface area contributed by atoms with Crippen molar-refractivity contribution in [3.05, 3.63) is 53.3 Å². The van der Waals surface area contributed by atoms with Crippen LogP contribution in [0.15, 0.2) is 36.5 Å². The monoisotopic (exact) mass is 343 g/mol. The molecule has 0 bridgehead atoms. The summed E-state index contributed by atoms with van der Waals surface area (Å²) in [5, 5.41) is 16.9. The molecule has 1 unspecified atom stereocenters. The van der Waals surface area contributed by atoms with E-state index in [-0.39, 0.29) is 12.0 Å². The van der Waals surface area contributed by atoms with Gasteiger partial charge in [-0.1, -0.05) is 37.3 Å². The van der Waals surface area contributed by atoms with Gasteiger partial charge < -0.3 is 10.4 Å². The maximum atomic E-state index is 12.8. The van der Waals surface area contributed by atoms with Crippen LogP contribution in [0, 0.1) is 6.92 Å². The number of amides is 1.